The van der Waals surface area contributed by atoms with Gasteiger partial charge >= 0.3 is 11.9 Å². The van der Waals surface area contributed by atoms with Gasteiger partial charge in [-0.1, -0.05) is 115 Å². The van der Waals surface area contributed by atoms with Crippen molar-refractivity contribution < 1.29 is 24.2 Å². The van der Waals surface area contributed by atoms with Crippen LogP contribution in [-0.2, 0) is 19.1 Å². The van der Waals surface area contributed by atoms with E-state index in [9.17, 15) is 14.7 Å². The maximum atomic E-state index is 11.9. The molecule has 0 unspecified atom stereocenters. The van der Waals surface area contributed by atoms with Crippen LogP contribution in [0.3, 0.4) is 0 Å². The lowest BCUT2D eigenvalue weighted by Gasteiger charge is -2.21. The van der Waals surface area contributed by atoms with Crippen LogP contribution in [0, 0.1) is 0 Å². The molecule has 0 aromatic heterocycles. The fourth-order valence-electron chi connectivity index (χ4n) is 4.92. The molecule has 0 aromatic rings. The van der Waals surface area contributed by atoms with E-state index in [0.29, 0.717) is 26.1 Å². The molecule has 0 amide bonds. The van der Waals surface area contributed by atoms with Crippen molar-refractivity contribution in [2.24, 2.45) is 0 Å². The van der Waals surface area contributed by atoms with Gasteiger partial charge in [-0.25, -0.2) is 0 Å². The third kappa shape index (κ3) is 31.3. The van der Waals surface area contributed by atoms with Crippen LogP contribution in [-0.4, -0.2) is 61.4 Å². The summed E-state index contributed by atoms with van der Waals surface area (Å²) in [4.78, 5) is 26.1. The van der Waals surface area contributed by atoms with E-state index in [4.69, 9.17) is 9.47 Å². The zero-order valence-electron chi connectivity index (χ0n) is 27.6. The van der Waals surface area contributed by atoms with Crippen molar-refractivity contribution in [1.29, 1.82) is 0 Å². The van der Waals surface area contributed by atoms with Gasteiger partial charge in [0, 0.05) is 19.4 Å². The van der Waals surface area contributed by atoms with Crippen LogP contribution >= 0.6 is 0 Å². The predicted octanol–water partition coefficient (Wildman–Crippen LogP) is 9.10. The molecule has 6 nitrogen and oxygen atoms in total. The lowest BCUT2D eigenvalue weighted by Crippen LogP contribution is -2.29. The van der Waals surface area contributed by atoms with Gasteiger partial charge in [0.05, 0.1) is 6.61 Å². The Morgan fingerprint density at radius 3 is 1.36 bits per heavy atom. The second-order valence-corrected chi connectivity index (χ2v) is 11.6. The van der Waals surface area contributed by atoms with E-state index in [0.717, 1.165) is 96.7 Å². The molecule has 0 aromatic carbocycles. The van der Waals surface area contributed by atoms with E-state index in [1.54, 1.807) is 0 Å². The highest BCUT2D eigenvalue weighted by atomic mass is 16.5. The van der Waals surface area contributed by atoms with Crippen molar-refractivity contribution in [3.05, 3.63) is 24.3 Å². The first-order valence-corrected chi connectivity index (χ1v) is 17.6. The maximum absolute atomic E-state index is 11.9. The molecule has 246 valence electrons. The van der Waals surface area contributed by atoms with Gasteiger partial charge in [-0.3, -0.25) is 9.59 Å². The number of aliphatic hydroxyl groups excluding tert-OH is 1. The second kappa shape index (κ2) is 33.8. The molecule has 0 aliphatic carbocycles. The zero-order valence-corrected chi connectivity index (χ0v) is 27.6. The predicted molar refractivity (Wildman–Crippen MR) is 177 cm³/mol. The molecule has 1 N–H and O–H groups in total. The minimum absolute atomic E-state index is 0.0871. The first-order valence-electron chi connectivity index (χ1n) is 17.6. The van der Waals surface area contributed by atoms with E-state index in [2.05, 4.69) is 30.9 Å². The Hall–Kier alpha value is -1.66. The molecule has 0 spiro atoms. The summed E-state index contributed by atoms with van der Waals surface area (Å²) in [5, 5.41) is 9.42. The van der Waals surface area contributed by atoms with Gasteiger partial charge in [0.15, 0.2) is 0 Å². The molecule has 0 rings (SSSR count). The van der Waals surface area contributed by atoms with Crippen LogP contribution in [0.25, 0.3) is 0 Å². The molecule has 0 saturated heterocycles. The molecule has 0 saturated carbocycles. The van der Waals surface area contributed by atoms with Crippen LogP contribution in [0.5, 0.6) is 0 Å². The van der Waals surface area contributed by atoms with Crippen LogP contribution in [0.15, 0.2) is 24.3 Å². The molecule has 0 aliphatic rings. The number of carbonyl (C=O) groups is 2. The maximum Gasteiger partial charge on any atom is 0.306 e. The molecule has 0 atom stereocenters. The second-order valence-electron chi connectivity index (χ2n) is 11.6. The molecular formula is C36H67NO5. The monoisotopic (exact) mass is 594 g/mol. The van der Waals surface area contributed by atoms with E-state index in [1.165, 1.54) is 51.4 Å². The smallest absolute Gasteiger partial charge is 0.306 e. The summed E-state index contributed by atoms with van der Waals surface area (Å²) >= 11 is 0. The summed E-state index contributed by atoms with van der Waals surface area (Å²) in [5.74, 6) is -0.174. The highest BCUT2D eigenvalue weighted by Crippen LogP contribution is 2.10. The number of nitrogens with zero attached hydrogens (tertiary/aromatic N) is 1. The van der Waals surface area contributed by atoms with Crippen LogP contribution in [0.4, 0.5) is 0 Å². The molecule has 0 heterocycles. The van der Waals surface area contributed by atoms with Gasteiger partial charge < -0.3 is 19.5 Å². The standard InChI is InChI=1S/C36H67NO5/c1-3-5-7-9-11-19-25-33-41-35(39)27-21-15-13-17-23-29-37(31-32-38)30-24-18-14-16-22-28-36(40)42-34-26-20-12-10-8-6-4-2/h19-20,25-26,38H,3-18,21-24,27-34H2,1-2H3. The summed E-state index contributed by atoms with van der Waals surface area (Å²) in [7, 11) is 0. The largest absolute Gasteiger partial charge is 0.461 e. The lowest BCUT2D eigenvalue weighted by atomic mass is 10.1. The summed E-state index contributed by atoms with van der Waals surface area (Å²) in [6.07, 6.45) is 32.2. The molecule has 0 radical (unpaired) electrons. The van der Waals surface area contributed by atoms with Crippen molar-refractivity contribution in [2.45, 2.75) is 155 Å². The Labute approximate surface area is 259 Å². The minimum Gasteiger partial charge on any atom is -0.461 e. The Kier molecular flexibility index (Phi) is 32.5. The van der Waals surface area contributed by atoms with E-state index >= 15 is 0 Å². The van der Waals surface area contributed by atoms with Gasteiger partial charge in [0.25, 0.3) is 0 Å². The van der Waals surface area contributed by atoms with Gasteiger partial charge in [-0.05, 0) is 64.5 Å². The number of hydrogen-bond acceptors (Lipinski definition) is 6. The molecule has 42 heavy (non-hydrogen) atoms. The normalized spacial score (nSPS) is 11.7. The number of rotatable bonds is 32. The molecule has 0 bridgehead atoms. The van der Waals surface area contributed by atoms with Crippen molar-refractivity contribution in [2.75, 3.05) is 39.5 Å². The molecular weight excluding hydrogens is 526 g/mol. The topological polar surface area (TPSA) is 76.1 Å². The summed E-state index contributed by atoms with van der Waals surface area (Å²) in [5.41, 5.74) is 0. The van der Waals surface area contributed by atoms with Gasteiger partial charge in [-0.15, -0.1) is 0 Å². The number of hydrogen-bond donors (Lipinski definition) is 1. The lowest BCUT2D eigenvalue weighted by molar-refractivity contribution is -0.143. The molecule has 0 aliphatic heterocycles. The van der Waals surface area contributed by atoms with Gasteiger partial charge in [-0.2, -0.15) is 0 Å². The Morgan fingerprint density at radius 2 is 0.929 bits per heavy atom. The van der Waals surface area contributed by atoms with E-state index < -0.39 is 0 Å². The zero-order chi connectivity index (χ0) is 30.8. The number of aliphatic hydroxyl groups is 1. The molecule has 0 fully saturated rings. The quantitative estimate of drug-likeness (QED) is 0.0476. The fraction of sp³-hybridized carbons (Fsp3) is 0.833. The van der Waals surface area contributed by atoms with Gasteiger partial charge in [0.1, 0.15) is 13.2 Å². The van der Waals surface area contributed by atoms with E-state index in [1.807, 2.05) is 12.2 Å². The summed E-state index contributed by atoms with van der Waals surface area (Å²) < 4.78 is 10.6. The third-order valence-corrected chi connectivity index (χ3v) is 7.59. The first-order chi connectivity index (χ1) is 20.6. The third-order valence-electron chi connectivity index (χ3n) is 7.59. The summed E-state index contributed by atoms with van der Waals surface area (Å²) in [6, 6.07) is 0. The highest BCUT2D eigenvalue weighted by molar-refractivity contribution is 5.69. The van der Waals surface area contributed by atoms with E-state index in [-0.39, 0.29) is 18.5 Å². The first kappa shape index (κ1) is 40.3. The number of unbranched alkanes of at least 4 members (excludes halogenated alkanes) is 16. The Bertz CT molecular complexity index is 597. The van der Waals surface area contributed by atoms with Crippen molar-refractivity contribution in [3.8, 4) is 0 Å². The Balaban J connectivity index is 3.62. The molecule has 6 heteroatoms. The average molecular weight is 594 g/mol. The van der Waals surface area contributed by atoms with Crippen molar-refractivity contribution in [3.63, 3.8) is 0 Å². The van der Waals surface area contributed by atoms with Crippen LogP contribution in [0.2, 0.25) is 0 Å². The number of esters is 2. The Morgan fingerprint density at radius 1 is 0.524 bits per heavy atom. The summed E-state index contributed by atoms with van der Waals surface area (Å²) in [6.45, 7) is 8.21. The van der Waals surface area contributed by atoms with Crippen LogP contribution < -0.4 is 0 Å². The number of allylic oxidation sites excluding steroid dienone is 2. The highest BCUT2D eigenvalue weighted by Gasteiger charge is 2.06. The average Bonchev–Trinajstić information content (AvgIpc) is 2.98. The van der Waals surface area contributed by atoms with Crippen molar-refractivity contribution in [1.82, 2.24) is 4.90 Å². The van der Waals surface area contributed by atoms with Crippen LogP contribution in [0.1, 0.15) is 155 Å². The van der Waals surface area contributed by atoms with Crippen molar-refractivity contribution >= 4 is 11.9 Å². The number of ether oxygens (including phenoxy) is 2. The fourth-order valence-corrected chi connectivity index (χ4v) is 4.92. The van der Waals surface area contributed by atoms with Gasteiger partial charge in [0.2, 0.25) is 0 Å². The minimum atomic E-state index is -0.0871. The number of carbonyl (C=O) groups excluding carboxylic acids is 2. The SMILES string of the molecule is CCCCCCC=CCOC(=O)CCCCCCCN(CCO)CCCCCCCC(=O)OCC=CCCCCCC.